The lowest BCUT2D eigenvalue weighted by atomic mass is 10.1. The monoisotopic (exact) mass is 283 g/mol. The minimum absolute atomic E-state index is 0. The molecule has 106 valence electrons. The van der Waals surface area contributed by atoms with Crippen molar-refractivity contribution in [3.8, 4) is 0 Å². The first kappa shape index (κ1) is 15.8. The predicted molar refractivity (Wildman–Crippen MR) is 79.3 cm³/mol. The molecular weight excluding hydrogens is 262 g/mol. The number of hydrogen-bond donors (Lipinski definition) is 1. The number of anilines is 1. The van der Waals surface area contributed by atoms with Gasteiger partial charge in [0.15, 0.2) is 0 Å². The van der Waals surface area contributed by atoms with Gasteiger partial charge in [0, 0.05) is 18.8 Å². The zero-order valence-electron chi connectivity index (χ0n) is 11.2. The van der Waals surface area contributed by atoms with Crippen molar-refractivity contribution in [3.63, 3.8) is 0 Å². The van der Waals surface area contributed by atoms with Crippen LogP contribution in [0.4, 0.5) is 5.69 Å². The van der Waals surface area contributed by atoms with Gasteiger partial charge in [0.25, 0.3) is 0 Å². The number of hydrogen-bond acceptors (Lipinski definition) is 3. The molecule has 1 aromatic heterocycles. The Hall–Kier alpha value is -1.29. The summed E-state index contributed by atoms with van der Waals surface area (Å²) < 4.78 is 0. The van der Waals surface area contributed by atoms with Gasteiger partial charge >= 0.3 is 0 Å². The van der Waals surface area contributed by atoms with Crippen LogP contribution in [0.1, 0.15) is 37.8 Å². The van der Waals surface area contributed by atoms with Crippen molar-refractivity contribution in [2.75, 3.05) is 18.8 Å². The van der Waals surface area contributed by atoms with Gasteiger partial charge in [0.2, 0.25) is 5.91 Å². The highest BCUT2D eigenvalue weighted by Gasteiger charge is 2.15. The predicted octanol–water partition coefficient (Wildman–Crippen LogP) is 2.42. The first-order chi connectivity index (χ1) is 8.75. The Labute approximate surface area is 120 Å². The first-order valence-corrected chi connectivity index (χ1v) is 6.74. The fraction of sp³-hybridized carbons (Fsp3) is 0.571. The molecule has 19 heavy (non-hydrogen) atoms. The van der Waals surface area contributed by atoms with E-state index >= 15 is 0 Å². The molecule has 4 nitrogen and oxygen atoms in total. The van der Waals surface area contributed by atoms with E-state index in [9.17, 15) is 4.79 Å². The molecular formula is C14H22ClN3O. The van der Waals surface area contributed by atoms with Crippen LogP contribution in [0.15, 0.2) is 18.3 Å². The van der Waals surface area contributed by atoms with Crippen LogP contribution in [0.3, 0.4) is 0 Å². The SMILES string of the molecule is Cl.Nc1ccc(CC(=O)N2CCCCCCC2)nc1. The van der Waals surface area contributed by atoms with Crippen molar-refractivity contribution < 1.29 is 4.79 Å². The summed E-state index contributed by atoms with van der Waals surface area (Å²) >= 11 is 0. The second-order valence-electron chi connectivity index (χ2n) is 4.91. The number of nitrogen functional groups attached to an aromatic ring is 1. The standard InChI is InChI=1S/C14H21N3O.ClH/c15-12-6-7-13(16-11-12)10-14(18)17-8-4-2-1-3-5-9-17;/h6-7,11H,1-5,8-10,15H2;1H. The van der Waals surface area contributed by atoms with Gasteiger partial charge in [-0.1, -0.05) is 19.3 Å². The van der Waals surface area contributed by atoms with E-state index in [0.29, 0.717) is 12.1 Å². The number of nitrogens with zero attached hydrogens (tertiary/aromatic N) is 2. The van der Waals surface area contributed by atoms with Gasteiger partial charge in [-0.25, -0.2) is 0 Å². The Balaban J connectivity index is 0.00000180. The Morgan fingerprint density at radius 3 is 2.37 bits per heavy atom. The van der Waals surface area contributed by atoms with E-state index in [-0.39, 0.29) is 18.3 Å². The van der Waals surface area contributed by atoms with Gasteiger partial charge in [0.1, 0.15) is 0 Å². The molecule has 0 saturated carbocycles. The number of nitrogens with two attached hydrogens (primary N) is 1. The molecule has 1 saturated heterocycles. The molecule has 2 heterocycles. The molecule has 5 heteroatoms. The molecule has 0 aliphatic carbocycles. The smallest absolute Gasteiger partial charge is 0.228 e. The highest BCUT2D eigenvalue weighted by Crippen LogP contribution is 2.12. The molecule has 2 rings (SSSR count). The molecule has 0 bridgehead atoms. The molecule has 1 aromatic rings. The Kier molecular flexibility index (Phi) is 6.64. The van der Waals surface area contributed by atoms with Crippen LogP contribution in [-0.4, -0.2) is 28.9 Å². The molecule has 0 spiro atoms. The zero-order valence-corrected chi connectivity index (χ0v) is 12.0. The van der Waals surface area contributed by atoms with Crippen LogP contribution in [0.2, 0.25) is 0 Å². The van der Waals surface area contributed by atoms with E-state index in [2.05, 4.69) is 4.98 Å². The minimum Gasteiger partial charge on any atom is -0.397 e. The highest BCUT2D eigenvalue weighted by atomic mass is 35.5. The summed E-state index contributed by atoms with van der Waals surface area (Å²) in [6.07, 6.45) is 8.04. The molecule has 1 fully saturated rings. The third-order valence-electron chi connectivity index (χ3n) is 3.39. The number of rotatable bonds is 2. The van der Waals surface area contributed by atoms with Crippen LogP contribution < -0.4 is 5.73 Å². The van der Waals surface area contributed by atoms with Crippen LogP contribution in [0, 0.1) is 0 Å². The Bertz CT molecular complexity index is 386. The average molecular weight is 284 g/mol. The molecule has 1 aliphatic heterocycles. The van der Waals surface area contributed by atoms with E-state index in [1.807, 2.05) is 11.0 Å². The maximum absolute atomic E-state index is 12.2. The van der Waals surface area contributed by atoms with Gasteiger partial charge in [0.05, 0.1) is 18.3 Å². The van der Waals surface area contributed by atoms with Gasteiger partial charge < -0.3 is 10.6 Å². The third kappa shape index (κ3) is 5.07. The maximum atomic E-state index is 12.2. The van der Waals surface area contributed by atoms with E-state index < -0.39 is 0 Å². The molecule has 0 unspecified atom stereocenters. The number of amides is 1. The largest absolute Gasteiger partial charge is 0.397 e. The fourth-order valence-corrected chi connectivity index (χ4v) is 2.30. The zero-order chi connectivity index (χ0) is 12.8. The first-order valence-electron chi connectivity index (χ1n) is 6.74. The molecule has 2 N–H and O–H groups in total. The number of halogens is 1. The summed E-state index contributed by atoms with van der Waals surface area (Å²) in [7, 11) is 0. The Morgan fingerprint density at radius 2 is 1.79 bits per heavy atom. The second kappa shape index (κ2) is 8.00. The fourth-order valence-electron chi connectivity index (χ4n) is 2.30. The van der Waals surface area contributed by atoms with Crippen LogP contribution in [0.25, 0.3) is 0 Å². The number of likely N-dealkylation sites (tertiary alicyclic amines) is 1. The molecule has 0 radical (unpaired) electrons. The van der Waals surface area contributed by atoms with Gasteiger partial charge in [-0.2, -0.15) is 0 Å². The number of carbonyl (C=O) groups excluding carboxylic acids is 1. The number of pyridine rings is 1. The van der Waals surface area contributed by atoms with Gasteiger partial charge in [-0.15, -0.1) is 12.4 Å². The molecule has 0 atom stereocenters. The van der Waals surface area contributed by atoms with Crippen molar-refractivity contribution >= 4 is 24.0 Å². The summed E-state index contributed by atoms with van der Waals surface area (Å²) in [6.45, 7) is 1.79. The second-order valence-corrected chi connectivity index (χ2v) is 4.91. The summed E-state index contributed by atoms with van der Waals surface area (Å²) in [5.74, 6) is 0.189. The van der Waals surface area contributed by atoms with Crippen molar-refractivity contribution in [2.24, 2.45) is 0 Å². The quantitative estimate of drug-likeness (QED) is 0.907. The Morgan fingerprint density at radius 1 is 1.16 bits per heavy atom. The molecule has 1 amide bonds. The van der Waals surface area contributed by atoms with Crippen molar-refractivity contribution in [2.45, 2.75) is 38.5 Å². The van der Waals surface area contributed by atoms with E-state index in [1.165, 1.54) is 19.3 Å². The van der Waals surface area contributed by atoms with Crippen molar-refractivity contribution in [1.82, 2.24) is 9.88 Å². The lowest BCUT2D eigenvalue weighted by molar-refractivity contribution is -0.130. The van der Waals surface area contributed by atoms with Crippen LogP contribution >= 0.6 is 12.4 Å². The number of aromatic nitrogens is 1. The van der Waals surface area contributed by atoms with Crippen LogP contribution in [0.5, 0.6) is 0 Å². The van der Waals surface area contributed by atoms with E-state index in [1.54, 1.807) is 12.3 Å². The van der Waals surface area contributed by atoms with Gasteiger partial charge in [-0.3, -0.25) is 9.78 Å². The number of carbonyl (C=O) groups is 1. The maximum Gasteiger partial charge on any atom is 0.228 e. The average Bonchev–Trinajstić information content (AvgIpc) is 2.31. The summed E-state index contributed by atoms with van der Waals surface area (Å²) in [5.41, 5.74) is 7.02. The molecule has 0 aromatic carbocycles. The van der Waals surface area contributed by atoms with Crippen molar-refractivity contribution in [1.29, 1.82) is 0 Å². The van der Waals surface area contributed by atoms with Crippen LogP contribution in [-0.2, 0) is 11.2 Å². The summed E-state index contributed by atoms with van der Waals surface area (Å²) in [5, 5.41) is 0. The molecule has 1 aliphatic rings. The topological polar surface area (TPSA) is 59.2 Å². The van der Waals surface area contributed by atoms with E-state index in [0.717, 1.165) is 31.6 Å². The van der Waals surface area contributed by atoms with E-state index in [4.69, 9.17) is 5.73 Å². The van der Waals surface area contributed by atoms with Gasteiger partial charge in [-0.05, 0) is 25.0 Å². The lowest BCUT2D eigenvalue weighted by Crippen LogP contribution is -2.35. The summed E-state index contributed by atoms with van der Waals surface area (Å²) in [6, 6.07) is 3.63. The van der Waals surface area contributed by atoms with Crippen molar-refractivity contribution in [3.05, 3.63) is 24.0 Å². The highest BCUT2D eigenvalue weighted by molar-refractivity contribution is 5.85. The normalized spacial score (nSPS) is 16.1. The minimum atomic E-state index is 0. The third-order valence-corrected chi connectivity index (χ3v) is 3.39. The summed E-state index contributed by atoms with van der Waals surface area (Å²) in [4.78, 5) is 18.3. The lowest BCUT2D eigenvalue weighted by Gasteiger charge is -2.24.